The SMILES string of the molecule is Cc1cccc(OCCN2CCC(C3CCCN3)CC2)c1. The number of aryl methyl sites for hydroxylation is 1. The van der Waals surface area contributed by atoms with E-state index in [1.54, 1.807) is 0 Å². The van der Waals surface area contributed by atoms with Gasteiger partial charge in [0.1, 0.15) is 12.4 Å². The molecular formula is C18H28N2O. The van der Waals surface area contributed by atoms with Gasteiger partial charge < -0.3 is 10.1 Å². The summed E-state index contributed by atoms with van der Waals surface area (Å²) in [4.78, 5) is 2.56. The molecule has 3 rings (SSSR count). The molecule has 0 aromatic heterocycles. The van der Waals surface area contributed by atoms with Gasteiger partial charge >= 0.3 is 0 Å². The average molecular weight is 288 g/mol. The summed E-state index contributed by atoms with van der Waals surface area (Å²) >= 11 is 0. The van der Waals surface area contributed by atoms with Crippen LogP contribution in [0.15, 0.2) is 24.3 Å². The van der Waals surface area contributed by atoms with Gasteiger partial charge in [-0.3, -0.25) is 4.90 Å². The molecule has 0 aliphatic carbocycles. The second-order valence-electron chi connectivity index (χ2n) is 6.55. The molecule has 1 aromatic carbocycles. The number of ether oxygens (including phenoxy) is 1. The van der Waals surface area contributed by atoms with E-state index >= 15 is 0 Å². The summed E-state index contributed by atoms with van der Waals surface area (Å²) < 4.78 is 5.86. The van der Waals surface area contributed by atoms with E-state index < -0.39 is 0 Å². The molecule has 3 nitrogen and oxygen atoms in total. The van der Waals surface area contributed by atoms with Crippen LogP contribution in [-0.4, -0.2) is 43.7 Å². The highest BCUT2D eigenvalue weighted by Crippen LogP contribution is 2.25. The number of hydrogen-bond donors (Lipinski definition) is 1. The van der Waals surface area contributed by atoms with Crippen LogP contribution in [0.1, 0.15) is 31.2 Å². The minimum Gasteiger partial charge on any atom is -0.492 e. The van der Waals surface area contributed by atoms with E-state index in [2.05, 4.69) is 35.3 Å². The van der Waals surface area contributed by atoms with Crippen LogP contribution in [0.5, 0.6) is 5.75 Å². The zero-order valence-corrected chi connectivity index (χ0v) is 13.2. The van der Waals surface area contributed by atoms with Crippen LogP contribution < -0.4 is 10.1 Å². The maximum absolute atomic E-state index is 5.86. The molecule has 0 saturated carbocycles. The number of nitrogens with zero attached hydrogens (tertiary/aromatic N) is 1. The molecule has 1 aromatic rings. The first-order valence-electron chi connectivity index (χ1n) is 8.46. The molecule has 21 heavy (non-hydrogen) atoms. The molecule has 2 aliphatic heterocycles. The summed E-state index contributed by atoms with van der Waals surface area (Å²) in [6, 6.07) is 9.12. The molecule has 1 atom stereocenters. The van der Waals surface area contributed by atoms with E-state index in [0.29, 0.717) is 0 Å². The first kappa shape index (κ1) is 14.9. The number of hydrogen-bond acceptors (Lipinski definition) is 3. The molecule has 0 amide bonds. The number of nitrogens with one attached hydrogen (secondary N) is 1. The highest BCUT2D eigenvalue weighted by molar-refractivity contribution is 5.27. The Labute approximate surface area is 128 Å². The van der Waals surface area contributed by atoms with Crippen LogP contribution in [0.3, 0.4) is 0 Å². The van der Waals surface area contributed by atoms with Crippen molar-refractivity contribution in [2.45, 2.75) is 38.6 Å². The highest BCUT2D eigenvalue weighted by Gasteiger charge is 2.27. The lowest BCUT2D eigenvalue weighted by molar-refractivity contribution is 0.141. The summed E-state index contributed by atoms with van der Waals surface area (Å²) in [5.41, 5.74) is 1.26. The molecule has 0 bridgehead atoms. The number of piperidine rings is 1. The Kier molecular flexibility index (Phi) is 5.15. The Bertz CT molecular complexity index is 435. The third-order valence-corrected chi connectivity index (χ3v) is 4.97. The van der Waals surface area contributed by atoms with Gasteiger partial charge in [0.2, 0.25) is 0 Å². The third-order valence-electron chi connectivity index (χ3n) is 4.97. The van der Waals surface area contributed by atoms with Crippen LogP contribution >= 0.6 is 0 Å². The quantitative estimate of drug-likeness (QED) is 0.901. The van der Waals surface area contributed by atoms with Crippen molar-refractivity contribution in [2.24, 2.45) is 5.92 Å². The standard InChI is InChI=1S/C18H28N2O/c1-15-4-2-5-17(14-15)21-13-12-20-10-7-16(8-11-20)18-6-3-9-19-18/h2,4-5,14,16,18-19H,3,6-13H2,1H3. The molecule has 2 fully saturated rings. The second-order valence-corrected chi connectivity index (χ2v) is 6.55. The molecule has 1 N–H and O–H groups in total. The van der Waals surface area contributed by atoms with Gasteiger partial charge in [-0.05, 0) is 75.9 Å². The Hall–Kier alpha value is -1.06. The number of rotatable bonds is 5. The third kappa shape index (κ3) is 4.21. The largest absolute Gasteiger partial charge is 0.492 e. The van der Waals surface area contributed by atoms with Crippen molar-refractivity contribution in [3.05, 3.63) is 29.8 Å². The van der Waals surface area contributed by atoms with Crippen molar-refractivity contribution in [2.75, 3.05) is 32.8 Å². The molecule has 3 heteroatoms. The van der Waals surface area contributed by atoms with E-state index in [0.717, 1.165) is 30.9 Å². The fourth-order valence-electron chi connectivity index (χ4n) is 3.69. The van der Waals surface area contributed by atoms with Crippen molar-refractivity contribution >= 4 is 0 Å². The monoisotopic (exact) mass is 288 g/mol. The molecule has 0 radical (unpaired) electrons. The van der Waals surface area contributed by atoms with Crippen LogP contribution in [0.2, 0.25) is 0 Å². The van der Waals surface area contributed by atoms with Crippen molar-refractivity contribution in [1.29, 1.82) is 0 Å². The molecule has 116 valence electrons. The first-order valence-corrected chi connectivity index (χ1v) is 8.46. The Morgan fingerprint density at radius 3 is 2.81 bits per heavy atom. The van der Waals surface area contributed by atoms with E-state index in [9.17, 15) is 0 Å². The van der Waals surface area contributed by atoms with Crippen molar-refractivity contribution in [3.8, 4) is 5.75 Å². The summed E-state index contributed by atoms with van der Waals surface area (Å²) in [7, 11) is 0. The van der Waals surface area contributed by atoms with Gasteiger partial charge in [-0.25, -0.2) is 0 Å². The van der Waals surface area contributed by atoms with Gasteiger partial charge in [-0.15, -0.1) is 0 Å². The second kappa shape index (κ2) is 7.28. The predicted octanol–water partition coefficient (Wildman–Crippen LogP) is 2.84. The van der Waals surface area contributed by atoms with Crippen LogP contribution in [0.4, 0.5) is 0 Å². The van der Waals surface area contributed by atoms with Crippen LogP contribution in [-0.2, 0) is 0 Å². The Balaban J connectivity index is 1.35. The van der Waals surface area contributed by atoms with E-state index in [4.69, 9.17) is 4.74 Å². The number of benzene rings is 1. The van der Waals surface area contributed by atoms with Gasteiger partial charge in [0.05, 0.1) is 0 Å². The van der Waals surface area contributed by atoms with Crippen molar-refractivity contribution < 1.29 is 4.74 Å². The summed E-state index contributed by atoms with van der Waals surface area (Å²) in [5, 5.41) is 3.67. The predicted molar refractivity (Wildman–Crippen MR) is 86.9 cm³/mol. The smallest absolute Gasteiger partial charge is 0.119 e. The maximum Gasteiger partial charge on any atom is 0.119 e. The van der Waals surface area contributed by atoms with Crippen molar-refractivity contribution in [3.63, 3.8) is 0 Å². The minimum atomic E-state index is 0.801. The molecule has 2 heterocycles. The summed E-state index contributed by atoms with van der Waals surface area (Å²) in [6.07, 6.45) is 5.46. The zero-order valence-electron chi connectivity index (χ0n) is 13.2. The number of likely N-dealkylation sites (tertiary alicyclic amines) is 1. The lowest BCUT2D eigenvalue weighted by Crippen LogP contribution is -2.42. The fourth-order valence-corrected chi connectivity index (χ4v) is 3.69. The Morgan fingerprint density at radius 2 is 2.10 bits per heavy atom. The molecule has 1 unspecified atom stereocenters. The van der Waals surface area contributed by atoms with Gasteiger partial charge in [0.15, 0.2) is 0 Å². The average Bonchev–Trinajstić information content (AvgIpc) is 3.02. The highest BCUT2D eigenvalue weighted by atomic mass is 16.5. The lowest BCUT2D eigenvalue weighted by Gasteiger charge is -2.34. The zero-order chi connectivity index (χ0) is 14.5. The maximum atomic E-state index is 5.86. The van der Waals surface area contributed by atoms with Crippen molar-refractivity contribution in [1.82, 2.24) is 10.2 Å². The van der Waals surface area contributed by atoms with Gasteiger partial charge in [0, 0.05) is 12.6 Å². The topological polar surface area (TPSA) is 24.5 Å². The molecule has 2 aliphatic rings. The van der Waals surface area contributed by atoms with E-state index in [1.807, 2.05) is 6.07 Å². The molecule has 0 spiro atoms. The fraction of sp³-hybridized carbons (Fsp3) is 0.667. The van der Waals surface area contributed by atoms with Gasteiger partial charge in [-0.1, -0.05) is 12.1 Å². The van der Waals surface area contributed by atoms with E-state index in [-0.39, 0.29) is 0 Å². The lowest BCUT2D eigenvalue weighted by atomic mass is 9.88. The van der Waals surface area contributed by atoms with Crippen LogP contribution in [0.25, 0.3) is 0 Å². The van der Waals surface area contributed by atoms with E-state index in [1.165, 1.54) is 50.9 Å². The van der Waals surface area contributed by atoms with Gasteiger partial charge in [0.25, 0.3) is 0 Å². The normalized spacial score (nSPS) is 24.3. The Morgan fingerprint density at radius 1 is 1.24 bits per heavy atom. The summed E-state index contributed by atoms with van der Waals surface area (Å²) in [5.74, 6) is 1.90. The van der Waals surface area contributed by atoms with Crippen LogP contribution in [0, 0.1) is 12.8 Å². The minimum absolute atomic E-state index is 0.801. The molecule has 2 saturated heterocycles. The summed E-state index contributed by atoms with van der Waals surface area (Å²) in [6.45, 7) is 7.67. The van der Waals surface area contributed by atoms with Gasteiger partial charge in [-0.2, -0.15) is 0 Å². The molecular weight excluding hydrogens is 260 g/mol. The first-order chi connectivity index (χ1) is 10.3.